The van der Waals surface area contributed by atoms with Crippen molar-refractivity contribution in [1.29, 1.82) is 0 Å². The van der Waals surface area contributed by atoms with Crippen LogP contribution < -0.4 is 18.9 Å². The van der Waals surface area contributed by atoms with Gasteiger partial charge in [0.1, 0.15) is 6.33 Å². The van der Waals surface area contributed by atoms with Gasteiger partial charge in [0, 0.05) is 11.1 Å². The molecular formula is C27H26N2O7. The summed E-state index contributed by atoms with van der Waals surface area (Å²) in [7, 11) is 6.13. The molecule has 0 aliphatic rings. The number of carbonyl (C=O) groups is 2. The first kappa shape index (κ1) is 24.6. The average Bonchev–Trinajstić information content (AvgIpc) is 3.30. The summed E-state index contributed by atoms with van der Waals surface area (Å²) in [5, 5.41) is 0. The van der Waals surface area contributed by atoms with Crippen molar-refractivity contribution in [2.45, 2.75) is 6.92 Å². The van der Waals surface area contributed by atoms with Crippen LogP contribution in [0.3, 0.4) is 0 Å². The van der Waals surface area contributed by atoms with Gasteiger partial charge in [0.25, 0.3) is 0 Å². The smallest absolute Gasteiger partial charge is 0.340 e. The third-order valence-electron chi connectivity index (χ3n) is 5.71. The van der Waals surface area contributed by atoms with E-state index in [0.29, 0.717) is 39.8 Å². The molecule has 0 radical (unpaired) electrons. The highest BCUT2D eigenvalue weighted by Gasteiger charge is 2.23. The quantitative estimate of drug-likeness (QED) is 0.251. The number of fused-ring (bicyclic) bond motifs is 1. The number of ether oxygens (including phenoxy) is 5. The number of benzene rings is 2. The molecule has 186 valence electrons. The lowest BCUT2D eigenvalue weighted by Crippen LogP contribution is -2.06. The molecule has 4 aromatic rings. The molecule has 0 N–H and O–H groups in total. The van der Waals surface area contributed by atoms with Gasteiger partial charge in [0.05, 0.1) is 57.5 Å². The first-order valence-corrected chi connectivity index (χ1v) is 11.1. The van der Waals surface area contributed by atoms with Gasteiger partial charge < -0.3 is 23.7 Å². The normalized spacial score (nSPS) is 10.7. The Balaban J connectivity index is 1.85. The van der Waals surface area contributed by atoms with Gasteiger partial charge in [-0.1, -0.05) is 0 Å². The topological polar surface area (TPSA) is 97.6 Å². The number of rotatable bonds is 9. The van der Waals surface area contributed by atoms with E-state index in [4.69, 9.17) is 23.7 Å². The summed E-state index contributed by atoms with van der Waals surface area (Å²) in [5.74, 6) is 1.20. The van der Waals surface area contributed by atoms with E-state index in [-0.39, 0.29) is 23.6 Å². The molecule has 4 rings (SSSR count). The van der Waals surface area contributed by atoms with E-state index in [1.165, 1.54) is 26.6 Å². The second kappa shape index (κ2) is 10.4. The van der Waals surface area contributed by atoms with Gasteiger partial charge in [-0.05, 0) is 55.5 Å². The SMILES string of the molecule is CCOC(=O)c1cc(C(=O)c2ccc(OC)c(OC)c2)n2cnc(-c3ccc(OC)c(OC)c3)cc12. The summed E-state index contributed by atoms with van der Waals surface area (Å²) in [6.45, 7) is 1.92. The Hall–Kier alpha value is -4.53. The van der Waals surface area contributed by atoms with Crippen LogP contribution in [-0.2, 0) is 4.74 Å². The molecule has 0 unspecified atom stereocenters. The maximum atomic E-state index is 13.5. The maximum absolute atomic E-state index is 13.5. The molecule has 36 heavy (non-hydrogen) atoms. The van der Waals surface area contributed by atoms with Crippen molar-refractivity contribution in [3.8, 4) is 34.3 Å². The number of hydrogen-bond donors (Lipinski definition) is 0. The fourth-order valence-electron chi connectivity index (χ4n) is 3.92. The van der Waals surface area contributed by atoms with Gasteiger partial charge in [-0.15, -0.1) is 0 Å². The highest BCUT2D eigenvalue weighted by molar-refractivity contribution is 6.11. The number of nitrogens with zero attached hydrogens (tertiary/aromatic N) is 2. The molecule has 0 spiro atoms. The lowest BCUT2D eigenvalue weighted by Gasteiger charge is -2.10. The van der Waals surface area contributed by atoms with Gasteiger partial charge in [-0.2, -0.15) is 0 Å². The van der Waals surface area contributed by atoms with E-state index in [1.807, 2.05) is 6.07 Å². The zero-order valence-electron chi connectivity index (χ0n) is 20.7. The number of aromatic nitrogens is 2. The van der Waals surface area contributed by atoms with Crippen LogP contribution in [0.5, 0.6) is 23.0 Å². The molecule has 9 nitrogen and oxygen atoms in total. The highest BCUT2D eigenvalue weighted by atomic mass is 16.5. The lowest BCUT2D eigenvalue weighted by molar-refractivity contribution is 0.0529. The Morgan fingerprint density at radius 2 is 1.44 bits per heavy atom. The van der Waals surface area contributed by atoms with Gasteiger partial charge in [0.15, 0.2) is 23.0 Å². The van der Waals surface area contributed by atoms with Crippen molar-refractivity contribution in [3.05, 3.63) is 71.7 Å². The number of methoxy groups -OCH3 is 4. The van der Waals surface area contributed by atoms with Crippen molar-refractivity contribution < 1.29 is 33.3 Å². The second-order valence-corrected chi connectivity index (χ2v) is 7.66. The first-order valence-electron chi connectivity index (χ1n) is 11.1. The van der Waals surface area contributed by atoms with Crippen molar-refractivity contribution in [1.82, 2.24) is 9.38 Å². The number of hydrogen-bond acceptors (Lipinski definition) is 8. The predicted octanol–water partition coefficient (Wildman–Crippen LogP) is 4.44. The second-order valence-electron chi connectivity index (χ2n) is 7.66. The molecule has 0 amide bonds. The van der Waals surface area contributed by atoms with E-state index < -0.39 is 5.97 Å². The number of carbonyl (C=O) groups excluding carboxylic acids is 2. The lowest BCUT2D eigenvalue weighted by atomic mass is 10.1. The summed E-state index contributed by atoms with van der Waals surface area (Å²) in [6, 6.07) is 13.5. The Morgan fingerprint density at radius 1 is 0.806 bits per heavy atom. The molecule has 0 aliphatic heterocycles. The van der Waals surface area contributed by atoms with Crippen molar-refractivity contribution >= 4 is 17.3 Å². The summed E-state index contributed by atoms with van der Waals surface area (Å²) in [6.07, 6.45) is 1.51. The Morgan fingerprint density at radius 3 is 2.08 bits per heavy atom. The van der Waals surface area contributed by atoms with E-state index in [9.17, 15) is 9.59 Å². The minimum Gasteiger partial charge on any atom is -0.493 e. The predicted molar refractivity (Wildman–Crippen MR) is 133 cm³/mol. The van der Waals surface area contributed by atoms with Crippen LogP contribution in [-0.4, -0.2) is 56.2 Å². The van der Waals surface area contributed by atoms with Crippen molar-refractivity contribution in [2.24, 2.45) is 0 Å². The fraction of sp³-hybridized carbons (Fsp3) is 0.222. The molecule has 0 saturated carbocycles. The summed E-state index contributed by atoms with van der Waals surface area (Å²) in [4.78, 5) is 30.9. The summed E-state index contributed by atoms with van der Waals surface area (Å²) >= 11 is 0. The van der Waals surface area contributed by atoms with Gasteiger partial charge >= 0.3 is 5.97 Å². The standard InChI is InChI=1S/C27H26N2O7/c1-6-36-27(31)18-13-21(26(30)17-8-10-23(33-3)25(12-17)35-5)29-15-28-19(14-20(18)29)16-7-9-22(32-2)24(11-16)34-4/h7-15H,6H2,1-5H3. The largest absolute Gasteiger partial charge is 0.493 e. The van der Waals surface area contributed by atoms with Crippen molar-refractivity contribution in [2.75, 3.05) is 35.0 Å². The number of ketones is 1. The monoisotopic (exact) mass is 490 g/mol. The zero-order chi connectivity index (χ0) is 25.8. The highest BCUT2D eigenvalue weighted by Crippen LogP contribution is 2.33. The van der Waals surface area contributed by atoms with Crippen molar-refractivity contribution in [3.63, 3.8) is 0 Å². The molecule has 9 heteroatoms. The van der Waals surface area contributed by atoms with Crippen LogP contribution in [0.1, 0.15) is 33.3 Å². The third kappa shape index (κ3) is 4.43. The van der Waals surface area contributed by atoms with E-state index in [0.717, 1.165) is 5.56 Å². The Kier molecular flexibility index (Phi) is 7.10. The first-order chi connectivity index (χ1) is 17.4. The van der Waals surface area contributed by atoms with Crippen LogP contribution in [0.15, 0.2) is 54.9 Å². The number of esters is 1. The minimum absolute atomic E-state index is 0.197. The van der Waals surface area contributed by atoms with Crippen LogP contribution in [0.2, 0.25) is 0 Å². The van der Waals surface area contributed by atoms with E-state index in [1.54, 1.807) is 61.9 Å². The van der Waals surface area contributed by atoms with Crippen LogP contribution in [0.25, 0.3) is 16.8 Å². The van der Waals surface area contributed by atoms with Gasteiger partial charge in [0.2, 0.25) is 5.78 Å². The molecule has 2 aromatic heterocycles. The molecule has 0 aliphatic carbocycles. The summed E-state index contributed by atoms with van der Waals surface area (Å²) in [5.41, 5.74) is 2.69. The van der Waals surface area contributed by atoms with Gasteiger partial charge in [-0.3, -0.25) is 9.20 Å². The minimum atomic E-state index is -0.536. The molecular weight excluding hydrogens is 464 g/mol. The fourth-order valence-corrected chi connectivity index (χ4v) is 3.92. The molecule has 0 saturated heterocycles. The average molecular weight is 491 g/mol. The van der Waals surface area contributed by atoms with Crippen LogP contribution >= 0.6 is 0 Å². The van der Waals surface area contributed by atoms with Gasteiger partial charge in [-0.25, -0.2) is 9.78 Å². The Bertz CT molecular complexity index is 1440. The summed E-state index contributed by atoms with van der Waals surface area (Å²) < 4.78 is 28.2. The Labute approximate surface area is 208 Å². The van der Waals surface area contributed by atoms with E-state index in [2.05, 4.69) is 4.98 Å². The van der Waals surface area contributed by atoms with Crippen LogP contribution in [0.4, 0.5) is 0 Å². The molecule has 2 aromatic carbocycles. The van der Waals surface area contributed by atoms with Crippen LogP contribution in [0, 0.1) is 0 Å². The molecule has 2 heterocycles. The molecule has 0 atom stereocenters. The third-order valence-corrected chi connectivity index (χ3v) is 5.71. The van der Waals surface area contributed by atoms with E-state index >= 15 is 0 Å². The molecule has 0 fully saturated rings. The molecule has 0 bridgehead atoms. The zero-order valence-corrected chi connectivity index (χ0v) is 20.7. The maximum Gasteiger partial charge on any atom is 0.340 e.